The maximum absolute atomic E-state index is 8.94. The van der Waals surface area contributed by atoms with E-state index in [4.69, 9.17) is 5.11 Å². The lowest BCUT2D eigenvalue weighted by Crippen LogP contribution is -2.25. The van der Waals surface area contributed by atoms with Crippen LogP contribution in [-0.4, -0.2) is 23.8 Å². The second-order valence-corrected chi connectivity index (χ2v) is 2.10. The van der Waals surface area contributed by atoms with E-state index in [1.807, 2.05) is 6.92 Å². The smallest absolute Gasteiger partial charge is 0.0702 e. The molecule has 1 aliphatic rings. The first-order chi connectivity index (χ1) is 3.30. The minimum Gasteiger partial charge on any atom is -0.391 e. The van der Waals surface area contributed by atoms with Gasteiger partial charge in [0.05, 0.1) is 6.10 Å². The van der Waals surface area contributed by atoms with Gasteiger partial charge in [0.15, 0.2) is 0 Å². The number of nitrogens with one attached hydrogen (secondary N) is 1. The zero-order valence-corrected chi connectivity index (χ0v) is 5.74. The largest absolute Gasteiger partial charge is 0.391 e. The van der Waals surface area contributed by atoms with Crippen molar-refractivity contribution in [1.82, 2.24) is 5.32 Å². The molecule has 1 aliphatic heterocycles. The summed E-state index contributed by atoms with van der Waals surface area (Å²) in [6.45, 7) is 2.97. The van der Waals surface area contributed by atoms with E-state index in [0.29, 0.717) is 6.04 Å². The average Bonchev–Trinajstić information content (AvgIpc) is 1.91. The molecule has 0 saturated carbocycles. The molecular formula is C5H12ClNO. The summed E-state index contributed by atoms with van der Waals surface area (Å²) in [6, 6.07) is 0.319. The number of hydrogen-bond donors (Lipinski definition) is 2. The molecule has 1 heterocycles. The highest BCUT2D eigenvalue weighted by molar-refractivity contribution is 5.85. The van der Waals surface area contributed by atoms with Gasteiger partial charge in [0, 0.05) is 6.04 Å². The summed E-state index contributed by atoms with van der Waals surface area (Å²) in [6.07, 6.45) is 0.821. The zero-order chi connectivity index (χ0) is 5.28. The van der Waals surface area contributed by atoms with Gasteiger partial charge >= 0.3 is 0 Å². The van der Waals surface area contributed by atoms with E-state index < -0.39 is 0 Å². The summed E-state index contributed by atoms with van der Waals surface area (Å²) in [5, 5.41) is 12.1. The Labute approximate surface area is 55.7 Å². The number of aliphatic hydroxyl groups is 1. The predicted molar refractivity (Wildman–Crippen MR) is 35.3 cm³/mol. The van der Waals surface area contributed by atoms with Crippen LogP contribution in [-0.2, 0) is 0 Å². The van der Waals surface area contributed by atoms with Crippen LogP contribution in [0.1, 0.15) is 13.3 Å². The van der Waals surface area contributed by atoms with Crippen molar-refractivity contribution >= 4 is 12.4 Å². The lowest BCUT2D eigenvalue weighted by Gasteiger charge is -2.04. The fourth-order valence-electron chi connectivity index (χ4n) is 0.845. The Morgan fingerprint density at radius 2 is 2.25 bits per heavy atom. The Morgan fingerprint density at radius 1 is 1.62 bits per heavy atom. The highest BCUT2D eigenvalue weighted by atomic mass is 35.5. The molecule has 2 nitrogen and oxygen atoms in total. The van der Waals surface area contributed by atoms with Crippen LogP contribution in [0.25, 0.3) is 0 Å². The van der Waals surface area contributed by atoms with Gasteiger partial charge in [-0.05, 0) is 19.9 Å². The van der Waals surface area contributed by atoms with Gasteiger partial charge in [0.2, 0.25) is 0 Å². The Balaban J connectivity index is 0.000000490. The molecule has 0 aliphatic carbocycles. The van der Waals surface area contributed by atoms with Crippen LogP contribution in [0.3, 0.4) is 0 Å². The second kappa shape index (κ2) is 3.28. The lowest BCUT2D eigenvalue weighted by molar-refractivity contribution is 0.166. The van der Waals surface area contributed by atoms with Crippen molar-refractivity contribution in [2.45, 2.75) is 25.5 Å². The third-order valence-electron chi connectivity index (χ3n) is 1.48. The highest BCUT2D eigenvalue weighted by Crippen LogP contribution is 2.03. The molecule has 8 heavy (non-hydrogen) atoms. The fourth-order valence-corrected chi connectivity index (χ4v) is 0.845. The molecule has 0 bridgehead atoms. The topological polar surface area (TPSA) is 32.3 Å². The van der Waals surface area contributed by atoms with Crippen molar-refractivity contribution in [2.75, 3.05) is 6.54 Å². The molecule has 0 aromatic heterocycles. The van der Waals surface area contributed by atoms with Crippen LogP contribution in [0, 0.1) is 0 Å². The molecule has 0 aromatic carbocycles. The van der Waals surface area contributed by atoms with Gasteiger partial charge in [-0.25, -0.2) is 0 Å². The second-order valence-electron chi connectivity index (χ2n) is 2.10. The molecule has 3 heteroatoms. The monoisotopic (exact) mass is 137 g/mol. The molecule has 1 fully saturated rings. The molecule has 50 valence electrons. The van der Waals surface area contributed by atoms with Gasteiger partial charge in [-0.2, -0.15) is 0 Å². The Morgan fingerprint density at radius 3 is 2.38 bits per heavy atom. The van der Waals surface area contributed by atoms with Gasteiger partial charge in [-0.15, -0.1) is 12.4 Å². The molecular weight excluding hydrogens is 126 g/mol. The molecule has 0 unspecified atom stereocenters. The van der Waals surface area contributed by atoms with Crippen molar-refractivity contribution in [3.05, 3.63) is 0 Å². The number of aliphatic hydroxyl groups excluding tert-OH is 1. The van der Waals surface area contributed by atoms with Crippen molar-refractivity contribution in [3.63, 3.8) is 0 Å². The predicted octanol–water partition coefficient (Wildman–Crippen LogP) is 0.151. The van der Waals surface area contributed by atoms with Gasteiger partial charge < -0.3 is 10.4 Å². The first kappa shape index (κ1) is 8.21. The highest BCUT2D eigenvalue weighted by Gasteiger charge is 2.18. The summed E-state index contributed by atoms with van der Waals surface area (Å²) in [5.74, 6) is 0. The number of rotatable bonds is 0. The Bertz CT molecular complexity index is 61.4. The molecule has 0 aromatic rings. The van der Waals surface area contributed by atoms with E-state index in [1.165, 1.54) is 0 Å². The average molecular weight is 138 g/mol. The third-order valence-corrected chi connectivity index (χ3v) is 1.48. The van der Waals surface area contributed by atoms with Crippen LogP contribution >= 0.6 is 12.4 Å². The van der Waals surface area contributed by atoms with Gasteiger partial charge in [0.1, 0.15) is 0 Å². The first-order valence-electron chi connectivity index (χ1n) is 2.72. The minimum atomic E-state index is -0.0972. The van der Waals surface area contributed by atoms with E-state index >= 15 is 0 Å². The van der Waals surface area contributed by atoms with Crippen molar-refractivity contribution in [3.8, 4) is 0 Å². The Kier molecular flexibility index (Phi) is 3.36. The van der Waals surface area contributed by atoms with E-state index in [-0.39, 0.29) is 18.5 Å². The van der Waals surface area contributed by atoms with E-state index in [9.17, 15) is 0 Å². The zero-order valence-electron chi connectivity index (χ0n) is 4.92. The normalized spacial score (nSPS) is 36.8. The van der Waals surface area contributed by atoms with Gasteiger partial charge in [-0.3, -0.25) is 0 Å². The molecule has 0 spiro atoms. The Hall–Kier alpha value is 0.210. The van der Waals surface area contributed by atoms with E-state index in [0.717, 1.165) is 13.0 Å². The molecule has 2 N–H and O–H groups in total. The van der Waals surface area contributed by atoms with E-state index in [2.05, 4.69) is 5.32 Å². The van der Waals surface area contributed by atoms with Crippen LogP contribution in [0.4, 0.5) is 0 Å². The van der Waals surface area contributed by atoms with Crippen LogP contribution in [0.2, 0.25) is 0 Å². The first-order valence-corrected chi connectivity index (χ1v) is 2.72. The summed E-state index contributed by atoms with van der Waals surface area (Å²) >= 11 is 0. The molecule has 0 radical (unpaired) electrons. The van der Waals surface area contributed by atoms with Crippen molar-refractivity contribution in [1.29, 1.82) is 0 Å². The minimum absolute atomic E-state index is 0. The summed E-state index contributed by atoms with van der Waals surface area (Å²) in [7, 11) is 0. The molecule has 1 rings (SSSR count). The number of halogens is 1. The summed E-state index contributed by atoms with van der Waals surface area (Å²) < 4.78 is 0. The van der Waals surface area contributed by atoms with Gasteiger partial charge in [0.25, 0.3) is 0 Å². The summed E-state index contributed by atoms with van der Waals surface area (Å²) in [4.78, 5) is 0. The SMILES string of the molecule is C[C@@H]1NCC[C@@H]1O.Cl. The van der Waals surface area contributed by atoms with Crippen molar-refractivity contribution < 1.29 is 5.11 Å². The molecule has 2 atom stereocenters. The quantitative estimate of drug-likeness (QED) is 0.498. The van der Waals surface area contributed by atoms with Gasteiger partial charge in [-0.1, -0.05) is 0 Å². The molecule has 0 amide bonds. The van der Waals surface area contributed by atoms with Crippen LogP contribution < -0.4 is 5.32 Å². The standard InChI is InChI=1S/C5H11NO.ClH/c1-4-5(7)2-3-6-4;/h4-7H,2-3H2,1H3;1H/t4-,5-;/m0./s1. The van der Waals surface area contributed by atoms with Crippen LogP contribution in [0.5, 0.6) is 0 Å². The maximum atomic E-state index is 8.94. The van der Waals surface area contributed by atoms with Crippen molar-refractivity contribution in [2.24, 2.45) is 0 Å². The third kappa shape index (κ3) is 1.62. The lowest BCUT2D eigenvalue weighted by atomic mass is 10.2. The van der Waals surface area contributed by atoms with E-state index in [1.54, 1.807) is 0 Å². The number of hydrogen-bond acceptors (Lipinski definition) is 2. The van der Waals surface area contributed by atoms with Crippen LogP contribution in [0.15, 0.2) is 0 Å². The fraction of sp³-hybridized carbons (Fsp3) is 1.00. The maximum Gasteiger partial charge on any atom is 0.0702 e. The summed E-state index contributed by atoms with van der Waals surface area (Å²) in [5.41, 5.74) is 0. The molecule has 1 saturated heterocycles.